The Labute approximate surface area is 232 Å². The van der Waals surface area contributed by atoms with Gasteiger partial charge in [-0.15, -0.1) is 0 Å². The standard InChI is InChI=1S/C29H30F9NO2/c1-17(2)4-11-24(22-16-21(28(33,34)35)9-10-23(22)29(36,37)38)39-13-12-18(15-26(40)41-3)14-25(39)19-5-7-20(8-6-19)27(30,31)32/h4-11,16-18,24-25H,12-15H2,1-3H3/t18-,24+,25-/m0/s1. The fraction of sp³-hybridized carbons (Fsp3) is 0.483. The summed E-state index contributed by atoms with van der Waals surface area (Å²) in [5, 5.41) is 0. The van der Waals surface area contributed by atoms with Crippen LogP contribution < -0.4 is 0 Å². The molecule has 3 atom stereocenters. The van der Waals surface area contributed by atoms with Crippen molar-refractivity contribution in [3.8, 4) is 0 Å². The number of benzene rings is 2. The largest absolute Gasteiger partial charge is 0.469 e. The van der Waals surface area contributed by atoms with Crippen molar-refractivity contribution < 1.29 is 49.0 Å². The lowest BCUT2D eigenvalue weighted by molar-refractivity contribution is -0.143. The molecule has 1 saturated heterocycles. The van der Waals surface area contributed by atoms with Gasteiger partial charge in [0.05, 0.1) is 29.8 Å². The van der Waals surface area contributed by atoms with Crippen molar-refractivity contribution in [1.29, 1.82) is 0 Å². The van der Waals surface area contributed by atoms with Crippen LogP contribution in [-0.4, -0.2) is 24.5 Å². The highest BCUT2D eigenvalue weighted by Gasteiger charge is 2.42. The van der Waals surface area contributed by atoms with E-state index >= 15 is 0 Å². The summed E-state index contributed by atoms with van der Waals surface area (Å²) < 4.78 is 128. The third-order valence-electron chi connectivity index (χ3n) is 7.10. The zero-order chi connectivity index (χ0) is 30.8. The number of methoxy groups -OCH3 is 1. The van der Waals surface area contributed by atoms with Crippen molar-refractivity contribution in [3.63, 3.8) is 0 Å². The molecule has 1 heterocycles. The summed E-state index contributed by atoms with van der Waals surface area (Å²) in [7, 11) is 1.20. The summed E-state index contributed by atoms with van der Waals surface area (Å²) in [5.74, 6) is -1.01. The normalized spacial score (nSPS) is 20.0. The summed E-state index contributed by atoms with van der Waals surface area (Å²) in [6, 6.07) is 3.28. The number of esters is 1. The van der Waals surface area contributed by atoms with E-state index in [0.29, 0.717) is 30.2 Å². The average Bonchev–Trinajstić information content (AvgIpc) is 2.87. The van der Waals surface area contributed by atoms with Crippen LogP contribution in [-0.2, 0) is 28.1 Å². The summed E-state index contributed by atoms with van der Waals surface area (Å²) >= 11 is 0. The minimum Gasteiger partial charge on any atom is -0.469 e. The Bertz CT molecular complexity index is 1210. The molecule has 3 nitrogen and oxygen atoms in total. The molecule has 2 aromatic carbocycles. The molecule has 226 valence electrons. The first-order valence-corrected chi connectivity index (χ1v) is 12.9. The Morgan fingerprint density at radius 3 is 2.00 bits per heavy atom. The number of ether oxygens (including phenoxy) is 1. The number of halogens is 9. The van der Waals surface area contributed by atoms with E-state index in [2.05, 4.69) is 0 Å². The maximum absolute atomic E-state index is 14.1. The van der Waals surface area contributed by atoms with E-state index in [1.165, 1.54) is 25.3 Å². The van der Waals surface area contributed by atoms with E-state index in [9.17, 15) is 44.3 Å². The van der Waals surface area contributed by atoms with Crippen molar-refractivity contribution in [3.05, 3.63) is 82.4 Å². The molecule has 3 rings (SSSR count). The lowest BCUT2D eigenvalue weighted by atomic mass is 9.82. The van der Waals surface area contributed by atoms with Crippen LogP contribution in [0.5, 0.6) is 0 Å². The maximum atomic E-state index is 14.1. The van der Waals surface area contributed by atoms with E-state index in [1.54, 1.807) is 24.8 Å². The molecule has 1 aliphatic heterocycles. The lowest BCUT2D eigenvalue weighted by Gasteiger charge is -2.44. The molecule has 0 amide bonds. The highest BCUT2D eigenvalue weighted by Crippen LogP contribution is 2.46. The minimum atomic E-state index is -4.98. The fourth-order valence-corrected chi connectivity index (χ4v) is 5.08. The van der Waals surface area contributed by atoms with Gasteiger partial charge < -0.3 is 4.74 Å². The van der Waals surface area contributed by atoms with E-state index in [4.69, 9.17) is 4.74 Å². The first-order chi connectivity index (χ1) is 18.9. The number of alkyl halides is 9. The van der Waals surface area contributed by atoms with Crippen LogP contribution >= 0.6 is 0 Å². The number of hydrogen-bond acceptors (Lipinski definition) is 3. The summed E-state index contributed by atoms with van der Waals surface area (Å²) in [5.41, 5.74) is -3.71. The molecule has 41 heavy (non-hydrogen) atoms. The molecule has 0 aromatic heterocycles. The van der Waals surface area contributed by atoms with Gasteiger partial charge in [0, 0.05) is 12.5 Å². The minimum absolute atomic E-state index is 0.0225. The second-order valence-corrected chi connectivity index (χ2v) is 10.4. The van der Waals surface area contributed by atoms with E-state index in [0.717, 1.165) is 12.1 Å². The highest BCUT2D eigenvalue weighted by atomic mass is 19.4. The van der Waals surface area contributed by atoms with Crippen molar-refractivity contribution >= 4 is 5.97 Å². The molecule has 12 heteroatoms. The first kappa shape index (κ1) is 32.5. The van der Waals surface area contributed by atoms with Gasteiger partial charge in [0.15, 0.2) is 0 Å². The van der Waals surface area contributed by atoms with E-state index in [-0.39, 0.29) is 31.2 Å². The van der Waals surface area contributed by atoms with Gasteiger partial charge in [-0.3, -0.25) is 9.69 Å². The number of hydrogen-bond donors (Lipinski definition) is 0. The number of likely N-dealkylation sites (tertiary alicyclic amines) is 1. The van der Waals surface area contributed by atoms with Gasteiger partial charge in [-0.05, 0) is 72.7 Å². The Morgan fingerprint density at radius 1 is 0.902 bits per heavy atom. The Hall–Kier alpha value is -3.02. The quantitative estimate of drug-likeness (QED) is 0.182. The van der Waals surface area contributed by atoms with Crippen LogP contribution in [0.15, 0.2) is 54.6 Å². The van der Waals surface area contributed by atoms with Gasteiger partial charge in [0.25, 0.3) is 0 Å². The molecule has 0 radical (unpaired) electrons. The van der Waals surface area contributed by atoms with Crippen LogP contribution in [0.2, 0.25) is 0 Å². The summed E-state index contributed by atoms with van der Waals surface area (Å²) in [6.07, 6.45) is -11.1. The second kappa shape index (κ2) is 12.5. The fourth-order valence-electron chi connectivity index (χ4n) is 5.08. The van der Waals surface area contributed by atoms with E-state index in [1.807, 2.05) is 0 Å². The zero-order valence-corrected chi connectivity index (χ0v) is 22.5. The van der Waals surface area contributed by atoms with Crippen molar-refractivity contribution in [2.24, 2.45) is 11.8 Å². The Morgan fingerprint density at radius 2 is 1.49 bits per heavy atom. The maximum Gasteiger partial charge on any atom is 0.416 e. The predicted octanol–water partition coefficient (Wildman–Crippen LogP) is 9.01. The Kier molecular flexibility index (Phi) is 9.88. The Balaban J connectivity index is 2.20. The molecular weight excluding hydrogens is 565 g/mol. The molecule has 0 saturated carbocycles. The highest BCUT2D eigenvalue weighted by molar-refractivity contribution is 5.69. The number of piperidine rings is 1. The first-order valence-electron chi connectivity index (χ1n) is 12.9. The molecular formula is C29H30F9NO2. The van der Waals surface area contributed by atoms with Gasteiger partial charge in [-0.25, -0.2) is 0 Å². The number of allylic oxidation sites excluding steroid dienone is 1. The third kappa shape index (κ3) is 8.27. The van der Waals surface area contributed by atoms with Crippen molar-refractivity contribution in [1.82, 2.24) is 4.90 Å². The monoisotopic (exact) mass is 595 g/mol. The van der Waals surface area contributed by atoms with Crippen molar-refractivity contribution in [2.75, 3.05) is 13.7 Å². The number of carbonyl (C=O) groups excluding carboxylic acids is 1. The van der Waals surface area contributed by atoms with Crippen molar-refractivity contribution in [2.45, 2.75) is 63.7 Å². The second-order valence-electron chi connectivity index (χ2n) is 10.4. The molecule has 1 fully saturated rings. The predicted molar refractivity (Wildman–Crippen MR) is 133 cm³/mol. The summed E-state index contributed by atoms with van der Waals surface area (Å²) in [6.45, 7) is 3.56. The lowest BCUT2D eigenvalue weighted by Crippen LogP contribution is -2.40. The zero-order valence-electron chi connectivity index (χ0n) is 22.5. The number of rotatable bonds is 7. The van der Waals surface area contributed by atoms with Crippen LogP contribution in [0, 0.1) is 11.8 Å². The topological polar surface area (TPSA) is 29.5 Å². The van der Waals surface area contributed by atoms with Gasteiger partial charge >= 0.3 is 24.5 Å². The molecule has 1 aliphatic rings. The van der Waals surface area contributed by atoms with Crippen LogP contribution in [0.4, 0.5) is 39.5 Å². The molecule has 0 spiro atoms. The molecule has 2 aromatic rings. The number of carbonyl (C=O) groups is 1. The van der Waals surface area contributed by atoms with Gasteiger partial charge in [-0.1, -0.05) is 38.1 Å². The van der Waals surface area contributed by atoms with Crippen LogP contribution in [0.1, 0.15) is 73.0 Å². The SMILES string of the molecule is COC(=O)C[C@H]1CCN([C@H](C=CC(C)C)c2cc(C(F)(F)F)ccc2C(F)(F)F)[C@H](c2ccc(C(F)(F)F)cc2)C1. The molecule has 0 unspecified atom stereocenters. The molecule has 0 aliphatic carbocycles. The average molecular weight is 596 g/mol. The van der Waals surface area contributed by atoms with E-state index < -0.39 is 58.8 Å². The van der Waals surface area contributed by atoms with Gasteiger partial charge in [0.2, 0.25) is 0 Å². The van der Waals surface area contributed by atoms with Crippen LogP contribution in [0.3, 0.4) is 0 Å². The molecule has 0 bridgehead atoms. The number of nitrogens with zero attached hydrogens (tertiary/aromatic N) is 1. The smallest absolute Gasteiger partial charge is 0.416 e. The summed E-state index contributed by atoms with van der Waals surface area (Å²) in [4.78, 5) is 13.5. The molecule has 0 N–H and O–H groups in total. The van der Waals surface area contributed by atoms with Crippen LogP contribution in [0.25, 0.3) is 0 Å². The van der Waals surface area contributed by atoms with Gasteiger partial charge in [-0.2, -0.15) is 39.5 Å². The van der Waals surface area contributed by atoms with Gasteiger partial charge in [0.1, 0.15) is 0 Å². The third-order valence-corrected chi connectivity index (χ3v) is 7.10.